The normalized spacial score (nSPS) is 10.6. The van der Waals surface area contributed by atoms with Gasteiger partial charge in [-0.1, -0.05) is 17.7 Å². The molecule has 2 aromatic rings. The van der Waals surface area contributed by atoms with Crippen LogP contribution in [0.1, 0.15) is 19.4 Å². The molecule has 3 nitrogen and oxygen atoms in total. The second-order valence-electron chi connectivity index (χ2n) is 5.34. The summed E-state index contributed by atoms with van der Waals surface area (Å²) < 4.78 is 10.7. The van der Waals surface area contributed by atoms with E-state index in [1.165, 1.54) is 11.3 Å². The maximum atomic E-state index is 5.41. The van der Waals surface area contributed by atoms with Crippen molar-refractivity contribution in [3.63, 3.8) is 0 Å². The van der Waals surface area contributed by atoms with Crippen molar-refractivity contribution in [3.8, 4) is 11.5 Å². The summed E-state index contributed by atoms with van der Waals surface area (Å²) in [4.78, 5) is 2.28. The van der Waals surface area contributed by atoms with Crippen LogP contribution in [0.2, 0.25) is 0 Å². The van der Waals surface area contributed by atoms with E-state index < -0.39 is 0 Å². The Hall–Kier alpha value is -2.16. The lowest BCUT2D eigenvalue weighted by Crippen LogP contribution is -2.25. The first kappa shape index (κ1) is 15.2. The van der Waals surface area contributed by atoms with Crippen molar-refractivity contribution in [2.45, 2.75) is 26.8 Å². The second-order valence-corrected chi connectivity index (χ2v) is 5.34. The fourth-order valence-corrected chi connectivity index (χ4v) is 2.43. The van der Waals surface area contributed by atoms with Gasteiger partial charge in [-0.05, 0) is 45.0 Å². The highest BCUT2D eigenvalue weighted by Gasteiger charge is 2.15. The number of aryl methyl sites for hydroxylation is 1. The van der Waals surface area contributed by atoms with E-state index in [-0.39, 0.29) is 0 Å². The topological polar surface area (TPSA) is 21.7 Å². The van der Waals surface area contributed by atoms with Crippen LogP contribution in [0.25, 0.3) is 0 Å². The lowest BCUT2D eigenvalue weighted by atomic mass is 10.1. The molecular formula is C18H23NO2. The van der Waals surface area contributed by atoms with Gasteiger partial charge in [-0.25, -0.2) is 0 Å². The molecule has 2 aromatic carbocycles. The lowest BCUT2D eigenvalue weighted by Gasteiger charge is -2.29. The molecule has 0 atom stereocenters. The van der Waals surface area contributed by atoms with Crippen LogP contribution >= 0.6 is 0 Å². The first-order chi connectivity index (χ1) is 10.1. The molecule has 0 fully saturated rings. The number of hydrogen-bond donors (Lipinski definition) is 0. The molecule has 0 aromatic heterocycles. The maximum absolute atomic E-state index is 5.41. The first-order valence-corrected chi connectivity index (χ1v) is 7.14. The Morgan fingerprint density at radius 3 is 1.90 bits per heavy atom. The Kier molecular flexibility index (Phi) is 4.73. The van der Waals surface area contributed by atoms with E-state index in [1.807, 2.05) is 12.1 Å². The monoisotopic (exact) mass is 285 g/mol. The van der Waals surface area contributed by atoms with Crippen LogP contribution in [-0.2, 0) is 0 Å². The van der Waals surface area contributed by atoms with Gasteiger partial charge in [-0.2, -0.15) is 0 Å². The number of nitrogens with zero attached hydrogens (tertiary/aromatic N) is 1. The Balaban J connectivity index is 2.45. The van der Waals surface area contributed by atoms with Gasteiger partial charge in [0.2, 0.25) is 0 Å². The first-order valence-electron chi connectivity index (χ1n) is 7.14. The van der Waals surface area contributed by atoms with E-state index in [0.717, 1.165) is 17.2 Å². The van der Waals surface area contributed by atoms with Gasteiger partial charge in [-0.15, -0.1) is 0 Å². The van der Waals surface area contributed by atoms with Crippen molar-refractivity contribution in [2.24, 2.45) is 0 Å². The third-order valence-corrected chi connectivity index (χ3v) is 3.47. The molecule has 112 valence electrons. The highest BCUT2D eigenvalue weighted by molar-refractivity contribution is 5.67. The van der Waals surface area contributed by atoms with E-state index in [4.69, 9.17) is 9.47 Å². The summed E-state index contributed by atoms with van der Waals surface area (Å²) in [7, 11) is 3.31. The fourth-order valence-electron chi connectivity index (χ4n) is 2.43. The maximum Gasteiger partial charge on any atom is 0.162 e. The molecule has 21 heavy (non-hydrogen) atoms. The summed E-state index contributed by atoms with van der Waals surface area (Å²) in [5, 5.41) is 0. The SMILES string of the molecule is COc1ccc(N(c2ccc(C)cc2)C(C)C)cc1OC. The number of ether oxygens (including phenoxy) is 2. The molecule has 0 unspecified atom stereocenters. The van der Waals surface area contributed by atoms with E-state index in [1.54, 1.807) is 14.2 Å². The summed E-state index contributed by atoms with van der Waals surface area (Å²) in [5.41, 5.74) is 3.52. The molecule has 0 aliphatic rings. The standard InChI is InChI=1S/C18H23NO2/c1-13(2)19(15-8-6-14(3)7-9-15)16-10-11-17(20-4)18(12-16)21-5/h6-13H,1-5H3. The van der Waals surface area contributed by atoms with Crippen LogP contribution in [0, 0.1) is 6.92 Å². The van der Waals surface area contributed by atoms with Gasteiger partial charge in [0.25, 0.3) is 0 Å². The number of methoxy groups -OCH3 is 2. The van der Waals surface area contributed by atoms with Gasteiger partial charge in [0.05, 0.1) is 14.2 Å². The van der Waals surface area contributed by atoms with Crippen molar-refractivity contribution < 1.29 is 9.47 Å². The minimum absolute atomic E-state index is 0.339. The van der Waals surface area contributed by atoms with Crippen molar-refractivity contribution in [3.05, 3.63) is 48.0 Å². The molecule has 0 N–H and O–H groups in total. The number of benzene rings is 2. The average Bonchev–Trinajstić information content (AvgIpc) is 2.49. The van der Waals surface area contributed by atoms with Crippen molar-refractivity contribution in [2.75, 3.05) is 19.1 Å². The van der Waals surface area contributed by atoms with Gasteiger partial charge in [-0.3, -0.25) is 0 Å². The summed E-state index contributed by atoms with van der Waals surface area (Å²) in [6.45, 7) is 6.45. The lowest BCUT2D eigenvalue weighted by molar-refractivity contribution is 0.355. The van der Waals surface area contributed by atoms with Crippen LogP contribution in [0.3, 0.4) is 0 Å². The molecule has 0 aliphatic carbocycles. The molecule has 3 heteroatoms. The Labute approximate surface area is 127 Å². The van der Waals surface area contributed by atoms with Crippen molar-refractivity contribution >= 4 is 11.4 Å². The quantitative estimate of drug-likeness (QED) is 0.804. The van der Waals surface area contributed by atoms with Crippen LogP contribution in [0.5, 0.6) is 11.5 Å². The van der Waals surface area contributed by atoms with Gasteiger partial charge in [0.15, 0.2) is 11.5 Å². The minimum Gasteiger partial charge on any atom is -0.493 e. The van der Waals surface area contributed by atoms with Crippen LogP contribution in [0.15, 0.2) is 42.5 Å². The summed E-state index contributed by atoms with van der Waals surface area (Å²) in [6.07, 6.45) is 0. The Morgan fingerprint density at radius 1 is 0.810 bits per heavy atom. The number of hydrogen-bond acceptors (Lipinski definition) is 3. The Bertz CT molecular complexity index is 591. The van der Waals surface area contributed by atoms with Gasteiger partial charge < -0.3 is 14.4 Å². The summed E-state index contributed by atoms with van der Waals surface area (Å²) in [5.74, 6) is 1.49. The van der Waals surface area contributed by atoms with E-state index in [9.17, 15) is 0 Å². The molecule has 0 bridgehead atoms. The molecule has 0 spiro atoms. The largest absolute Gasteiger partial charge is 0.493 e. The van der Waals surface area contributed by atoms with Crippen molar-refractivity contribution in [1.29, 1.82) is 0 Å². The molecule has 0 saturated carbocycles. The minimum atomic E-state index is 0.339. The fraction of sp³-hybridized carbons (Fsp3) is 0.333. The van der Waals surface area contributed by atoms with Crippen LogP contribution in [-0.4, -0.2) is 20.3 Å². The zero-order valence-corrected chi connectivity index (χ0v) is 13.4. The van der Waals surface area contributed by atoms with E-state index >= 15 is 0 Å². The van der Waals surface area contributed by atoms with E-state index in [2.05, 4.69) is 56.0 Å². The molecule has 0 saturated heterocycles. The zero-order valence-electron chi connectivity index (χ0n) is 13.4. The molecule has 2 rings (SSSR count). The predicted molar refractivity (Wildman–Crippen MR) is 88.0 cm³/mol. The highest BCUT2D eigenvalue weighted by Crippen LogP contribution is 2.35. The predicted octanol–water partition coefficient (Wildman–Crippen LogP) is 4.56. The van der Waals surface area contributed by atoms with Gasteiger partial charge in [0.1, 0.15) is 0 Å². The molecule has 0 heterocycles. The van der Waals surface area contributed by atoms with E-state index in [0.29, 0.717) is 6.04 Å². The van der Waals surface area contributed by atoms with Crippen LogP contribution < -0.4 is 14.4 Å². The third kappa shape index (κ3) is 3.30. The second kappa shape index (κ2) is 6.53. The molecule has 0 amide bonds. The third-order valence-electron chi connectivity index (χ3n) is 3.47. The van der Waals surface area contributed by atoms with Crippen molar-refractivity contribution in [1.82, 2.24) is 0 Å². The number of rotatable bonds is 5. The zero-order chi connectivity index (χ0) is 15.4. The average molecular weight is 285 g/mol. The molecular weight excluding hydrogens is 262 g/mol. The summed E-state index contributed by atoms with van der Waals surface area (Å²) in [6, 6.07) is 14.9. The Morgan fingerprint density at radius 2 is 1.38 bits per heavy atom. The van der Waals surface area contributed by atoms with Gasteiger partial charge in [0, 0.05) is 23.5 Å². The molecule has 0 aliphatic heterocycles. The highest BCUT2D eigenvalue weighted by atomic mass is 16.5. The number of anilines is 2. The summed E-state index contributed by atoms with van der Waals surface area (Å²) >= 11 is 0. The smallest absolute Gasteiger partial charge is 0.162 e. The van der Waals surface area contributed by atoms with Crippen LogP contribution in [0.4, 0.5) is 11.4 Å². The van der Waals surface area contributed by atoms with Gasteiger partial charge >= 0.3 is 0 Å². The molecule has 0 radical (unpaired) electrons.